The van der Waals surface area contributed by atoms with E-state index in [-0.39, 0.29) is 12.3 Å². The fraction of sp³-hybridized carbons (Fsp3) is 0.394. The van der Waals surface area contributed by atoms with E-state index in [2.05, 4.69) is 58.4 Å². The zero-order chi connectivity index (χ0) is 29.3. The standard InChI is InChI=1S/C33H35N3O5Si/c1-7-42(6,8-2)34-18-21-25-20-14-10-12-16-23(20)36-29(25)28-26(27(21)30(34)37)19-13-9-11-15-22(19)35(28)24-17-33(40-5,31(38)39-4)32(36,3)41-24/h9-16,24H,7-8,17-18H2,1-6H3/q-1/t24?,32-,33-/m1/s1. The third kappa shape index (κ3) is 2.67. The van der Waals surface area contributed by atoms with Gasteiger partial charge in [0, 0.05) is 41.6 Å². The van der Waals surface area contributed by atoms with Crippen molar-refractivity contribution in [1.29, 1.82) is 0 Å². The van der Waals surface area contributed by atoms with E-state index in [1.807, 2.05) is 31.2 Å². The number of methoxy groups -OCH3 is 2. The molecular weight excluding hydrogens is 546 g/mol. The third-order valence-electron chi connectivity index (χ3n) is 11.0. The highest BCUT2D eigenvalue weighted by Gasteiger charge is 2.67. The molecule has 0 saturated carbocycles. The molecule has 9 heteroatoms. The van der Waals surface area contributed by atoms with Gasteiger partial charge in [-0.15, -0.1) is 12.1 Å². The van der Waals surface area contributed by atoms with Crippen LogP contribution in [0.3, 0.4) is 0 Å². The molecule has 8 nitrogen and oxygen atoms in total. The van der Waals surface area contributed by atoms with Crippen molar-refractivity contribution in [2.45, 2.75) is 69.9 Å². The quantitative estimate of drug-likeness (QED) is 0.172. The molecule has 0 aliphatic carbocycles. The van der Waals surface area contributed by atoms with Gasteiger partial charge in [-0.1, -0.05) is 50.2 Å². The second kappa shape index (κ2) is 8.24. The number of fused-ring (bicyclic) bond motifs is 13. The summed E-state index contributed by atoms with van der Waals surface area (Å²) >= 11 is 0. The van der Waals surface area contributed by atoms with E-state index in [9.17, 15) is 9.59 Å². The highest BCUT2D eigenvalue weighted by molar-refractivity contribution is 6.78. The average molecular weight is 582 g/mol. The van der Waals surface area contributed by atoms with Crippen molar-refractivity contribution >= 4 is 63.7 Å². The van der Waals surface area contributed by atoms with Crippen LogP contribution in [-0.4, -0.2) is 53.6 Å². The molecule has 42 heavy (non-hydrogen) atoms. The number of benzene rings is 3. The summed E-state index contributed by atoms with van der Waals surface area (Å²) in [5.74, 6) is -0.320. The third-order valence-corrected chi connectivity index (χ3v) is 15.7. The maximum Gasteiger partial charge on any atom is 0.343 e. The molecule has 5 aromatic rings. The average Bonchev–Trinajstić information content (AvgIpc) is 3.71. The van der Waals surface area contributed by atoms with Crippen molar-refractivity contribution in [2.75, 3.05) is 14.2 Å². The Morgan fingerprint density at radius 3 is 2.29 bits per heavy atom. The van der Waals surface area contributed by atoms with Crippen molar-refractivity contribution in [3.63, 3.8) is 0 Å². The molecule has 0 radical (unpaired) electrons. The number of carbonyl (C=O) groups is 2. The summed E-state index contributed by atoms with van der Waals surface area (Å²) in [7, 11) is 0.937. The lowest BCUT2D eigenvalue weighted by atomic mass is 9.88. The summed E-state index contributed by atoms with van der Waals surface area (Å²) in [5.41, 5.74) is 3.15. The number of hydrogen-bond acceptors (Lipinski definition) is 5. The van der Waals surface area contributed by atoms with Gasteiger partial charge in [0.15, 0.2) is 5.72 Å². The second-order valence-electron chi connectivity index (χ2n) is 12.4. The zero-order valence-electron chi connectivity index (χ0n) is 24.9. The molecule has 1 fully saturated rings. The van der Waals surface area contributed by atoms with E-state index in [1.54, 1.807) is 7.11 Å². The minimum Gasteiger partial charge on any atom is -0.486 e. The van der Waals surface area contributed by atoms with Crippen LogP contribution >= 0.6 is 0 Å². The number of rotatable bonds is 5. The highest BCUT2D eigenvalue weighted by Crippen LogP contribution is 2.59. The molecule has 217 valence electrons. The largest absolute Gasteiger partial charge is 0.486 e. The molecule has 2 aromatic heterocycles. The van der Waals surface area contributed by atoms with E-state index in [0.717, 1.165) is 66.8 Å². The molecule has 3 aromatic carbocycles. The lowest BCUT2D eigenvalue weighted by molar-refractivity contribution is -0.210. The molecule has 0 N–H and O–H groups in total. The Morgan fingerprint density at radius 2 is 1.64 bits per heavy atom. The number of para-hydroxylation sites is 2. The van der Waals surface area contributed by atoms with Gasteiger partial charge in [0.2, 0.25) is 11.5 Å². The van der Waals surface area contributed by atoms with Crippen molar-refractivity contribution in [1.82, 2.24) is 13.7 Å². The van der Waals surface area contributed by atoms with Crippen molar-refractivity contribution in [3.8, 4) is 0 Å². The van der Waals surface area contributed by atoms with Crippen molar-refractivity contribution in [3.05, 3.63) is 59.7 Å². The topological polar surface area (TPSA) is 74.9 Å². The zero-order valence-corrected chi connectivity index (χ0v) is 25.9. The van der Waals surface area contributed by atoms with Gasteiger partial charge in [0.25, 0.3) is 0 Å². The van der Waals surface area contributed by atoms with Gasteiger partial charge in [-0.2, -0.15) is 6.55 Å². The summed E-state index contributed by atoms with van der Waals surface area (Å²) in [6.07, 6.45) is -0.253. The first-order valence-electron chi connectivity index (χ1n) is 14.9. The Labute approximate surface area is 244 Å². The monoisotopic (exact) mass is 581 g/mol. The predicted molar refractivity (Wildman–Crippen MR) is 165 cm³/mol. The summed E-state index contributed by atoms with van der Waals surface area (Å²) < 4.78 is 25.2. The van der Waals surface area contributed by atoms with Crippen molar-refractivity contribution in [2.24, 2.45) is 0 Å². The molecule has 3 atom stereocenters. The highest BCUT2D eigenvalue weighted by atomic mass is 28.3. The van der Waals surface area contributed by atoms with Crippen LogP contribution in [0.4, 0.5) is 0 Å². The Hall–Kier alpha value is -3.66. The number of amides is 1. The Kier molecular flexibility index (Phi) is 5.10. The summed E-state index contributed by atoms with van der Waals surface area (Å²) in [5, 5.41) is 4.10. The van der Waals surface area contributed by atoms with Crippen LogP contribution in [0.2, 0.25) is 18.6 Å². The predicted octanol–water partition coefficient (Wildman–Crippen LogP) is 6.64. The number of esters is 1. The first-order valence-corrected chi connectivity index (χ1v) is 17.7. The fourth-order valence-corrected chi connectivity index (χ4v) is 10.8. The van der Waals surface area contributed by atoms with Gasteiger partial charge in [-0.3, -0.25) is 4.79 Å². The molecule has 2 bridgehead atoms. The summed E-state index contributed by atoms with van der Waals surface area (Å²) in [6, 6.07) is 18.5. The van der Waals surface area contributed by atoms with Gasteiger partial charge in [-0.05, 0) is 32.9 Å². The molecule has 3 aliphatic rings. The van der Waals surface area contributed by atoms with Crippen LogP contribution in [0.25, 0.3) is 43.6 Å². The van der Waals surface area contributed by atoms with E-state index < -0.39 is 31.8 Å². The number of aromatic nitrogens is 2. The van der Waals surface area contributed by atoms with Crippen molar-refractivity contribution < 1.29 is 23.8 Å². The van der Waals surface area contributed by atoms with Crippen LogP contribution in [0.15, 0.2) is 48.5 Å². The maximum absolute atomic E-state index is 14.7. The lowest BCUT2D eigenvalue weighted by Gasteiger charge is -2.47. The minimum atomic E-state index is -2.03. The van der Waals surface area contributed by atoms with Gasteiger partial charge < -0.3 is 27.9 Å². The summed E-state index contributed by atoms with van der Waals surface area (Å²) in [6.45, 7) is 9.31. The Bertz CT molecular complexity index is 2020. The van der Waals surface area contributed by atoms with E-state index in [1.165, 1.54) is 7.11 Å². The molecule has 1 unspecified atom stereocenters. The fourth-order valence-electron chi connectivity index (χ4n) is 8.37. The molecule has 0 spiro atoms. The molecular formula is C33H35N3O5Si-. The smallest absolute Gasteiger partial charge is 0.343 e. The van der Waals surface area contributed by atoms with E-state index in [0.29, 0.717) is 6.54 Å². The van der Waals surface area contributed by atoms with Crippen LogP contribution in [-0.2, 0) is 31.3 Å². The molecule has 3 aliphatic heterocycles. The molecule has 5 heterocycles. The number of ether oxygens (including phenoxy) is 3. The normalized spacial score (nSPS) is 25.0. The molecule has 1 amide bonds. The minimum absolute atomic E-state index is 0.145. The lowest BCUT2D eigenvalue weighted by Crippen LogP contribution is -2.57. The Morgan fingerprint density at radius 1 is 1.00 bits per heavy atom. The second-order valence-corrected chi connectivity index (χ2v) is 17.4. The molecule has 8 rings (SSSR count). The first kappa shape index (κ1) is 26.0. The number of nitrogens with zero attached hydrogens (tertiary/aromatic N) is 3. The van der Waals surface area contributed by atoms with E-state index in [4.69, 9.17) is 14.2 Å². The Balaban J connectivity index is 1.64. The van der Waals surface area contributed by atoms with Crippen LogP contribution < -0.4 is 0 Å². The SMILES string of the molecule is CC[Si-](C)(CC)N1Cc2c(c3c4ccccc4n4c3c3c2c2ccccc2n3[C@]2(C)OC4C[C@@]2(OC)C(=O)OC)C1=O. The van der Waals surface area contributed by atoms with Gasteiger partial charge in [0.1, 0.15) is 6.23 Å². The van der Waals surface area contributed by atoms with E-state index >= 15 is 0 Å². The number of hydrogen-bond donors (Lipinski definition) is 0. The van der Waals surface area contributed by atoms with Gasteiger partial charge >= 0.3 is 5.97 Å². The molecule has 1 saturated heterocycles. The van der Waals surface area contributed by atoms with Gasteiger partial charge in [0.05, 0.1) is 34.7 Å². The van der Waals surface area contributed by atoms with Crippen LogP contribution in [0.1, 0.15) is 49.3 Å². The first-order chi connectivity index (χ1) is 20.2. The van der Waals surface area contributed by atoms with Crippen LogP contribution in [0, 0.1) is 0 Å². The van der Waals surface area contributed by atoms with Gasteiger partial charge in [-0.25, -0.2) is 4.79 Å². The number of carbonyl (C=O) groups excluding carboxylic acids is 2. The maximum atomic E-state index is 14.7. The van der Waals surface area contributed by atoms with Crippen LogP contribution in [0.5, 0.6) is 0 Å². The summed E-state index contributed by atoms with van der Waals surface area (Å²) in [4.78, 5) is 28.4.